The van der Waals surface area contributed by atoms with E-state index in [2.05, 4.69) is 23.5 Å². The topological polar surface area (TPSA) is 58.6 Å². The van der Waals surface area contributed by atoms with Gasteiger partial charge in [0.25, 0.3) is 5.91 Å². The van der Waals surface area contributed by atoms with E-state index in [1.54, 1.807) is 0 Å². The van der Waals surface area contributed by atoms with Crippen molar-refractivity contribution in [3.63, 3.8) is 0 Å². The van der Waals surface area contributed by atoms with Gasteiger partial charge >= 0.3 is 6.03 Å². The van der Waals surface area contributed by atoms with Gasteiger partial charge in [-0.3, -0.25) is 9.69 Å². The number of hydrogen-bond acceptors (Lipinski definition) is 3. The van der Waals surface area contributed by atoms with Crippen LogP contribution in [0.5, 0.6) is 5.75 Å². The second kappa shape index (κ2) is 6.75. The number of fused-ring (bicyclic) bond motifs is 3. The van der Waals surface area contributed by atoms with E-state index in [0.717, 1.165) is 50.0 Å². The fourth-order valence-corrected chi connectivity index (χ4v) is 6.14. The van der Waals surface area contributed by atoms with Crippen molar-refractivity contribution in [1.82, 2.24) is 10.2 Å². The van der Waals surface area contributed by atoms with Gasteiger partial charge in [0.1, 0.15) is 5.75 Å². The van der Waals surface area contributed by atoms with Crippen LogP contribution in [-0.2, 0) is 16.8 Å². The van der Waals surface area contributed by atoms with Crippen LogP contribution in [0.4, 0.5) is 4.79 Å². The molecule has 1 aliphatic heterocycles. The van der Waals surface area contributed by atoms with Crippen molar-refractivity contribution >= 4 is 11.9 Å². The molecule has 1 unspecified atom stereocenters. The van der Waals surface area contributed by atoms with E-state index < -0.39 is 5.54 Å². The molecule has 1 saturated heterocycles. The van der Waals surface area contributed by atoms with Crippen molar-refractivity contribution in [2.75, 3.05) is 6.61 Å². The average Bonchev–Trinajstić information content (AvgIpc) is 3.07. The summed E-state index contributed by atoms with van der Waals surface area (Å²) in [5.74, 6) is 1.42. The molecule has 1 aromatic rings. The highest BCUT2D eigenvalue weighted by Crippen LogP contribution is 2.60. The fraction of sp³-hybridized carbons (Fsp3) is 0.667. The number of carbonyl (C=O) groups excluding carboxylic acids is 2. The number of imide groups is 1. The predicted molar refractivity (Wildman–Crippen MR) is 111 cm³/mol. The maximum Gasteiger partial charge on any atom is 0.325 e. The lowest BCUT2D eigenvalue weighted by molar-refractivity contribution is -0.138. The Morgan fingerprint density at radius 3 is 2.52 bits per heavy atom. The van der Waals surface area contributed by atoms with Crippen LogP contribution in [0.2, 0.25) is 0 Å². The van der Waals surface area contributed by atoms with E-state index in [1.807, 2.05) is 13.8 Å². The molecule has 1 heterocycles. The second-order valence-corrected chi connectivity index (χ2v) is 9.89. The van der Waals surface area contributed by atoms with Crippen molar-refractivity contribution in [3.8, 4) is 5.75 Å². The van der Waals surface area contributed by atoms with E-state index in [-0.39, 0.29) is 23.4 Å². The highest BCUT2D eigenvalue weighted by molar-refractivity contribution is 6.09. The number of nitrogens with zero attached hydrogens (tertiary/aromatic N) is 1. The molecular formula is C24H32N2O3. The third kappa shape index (κ3) is 2.65. The summed E-state index contributed by atoms with van der Waals surface area (Å²) in [5.41, 5.74) is 1.03. The monoisotopic (exact) mass is 396 g/mol. The molecule has 1 N–H and O–H groups in total. The number of carbonyl (C=O) groups is 2. The van der Waals surface area contributed by atoms with Crippen molar-refractivity contribution < 1.29 is 14.3 Å². The normalized spacial score (nSPS) is 28.2. The molecule has 156 valence electrons. The molecule has 1 atom stereocenters. The summed E-state index contributed by atoms with van der Waals surface area (Å²) in [6.45, 7) is 4.57. The van der Waals surface area contributed by atoms with Gasteiger partial charge in [0.05, 0.1) is 6.61 Å². The number of rotatable bonds is 4. The van der Waals surface area contributed by atoms with E-state index in [4.69, 9.17) is 4.74 Å². The molecule has 3 amide bonds. The number of hydrogen-bond donors (Lipinski definition) is 1. The summed E-state index contributed by atoms with van der Waals surface area (Å²) >= 11 is 0. The Bertz CT molecular complexity index is 839. The zero-order chi connectivity index (χ0) is 20.2. The Hall–Kier alpha value is -2.04. The summed E-state index contributed by atoms with van der Waals surface area (Å²) in [6.07, 6.45) is 10.1. The standard InChI is InChI=1S/C24H32N2O3/c1-16(2)26-21(27)24(25-22(26)28)20-13-19(29-15-17-7-6-8-17)10-9-18(20)14-23(24)11-4-3-5-12-23/h9-10,13,16-17H,3-8,11-12,14-15H2,1-2H3,(H,25,28). The van der Waals surface area contributed by atoms with E-state index in [0.29, 0.717) is 5.92 Å². The first-order chi connectivity index (χ1) is 14.0. The largest absolute Gasteiger partial charge is 0.493 e. The minimum absolute atomic E-state index is 0.0608. The first kappa shape index (κ1) is 19.0. The third-order valence-corrected chi connectivity index (χ3v) is 7.90. The molecule has 2 saturated carbocycles. The maximum atomic E-state index is 13.9. The van der Waals surface area contributed by atoms with Gasteiger partial charge in [-0.1, -0.05) is 31.7 Å². The van der Waals surface area contributed by atoms with E-state index in [1.165, 1.54) is 36.1 Å². The molecule has 0 aromatic heterocycles. The Kier molecular flexibility index (Phi) is 4.41. The molecule has 0 bridgehead atoms. The molecule has 3 fully saturated rings. The van der Waals surface area contributed by atoms with Gasteiger partial charge in [-0.05, 0) is 75.1 Å². The third-order valence-electron chi connectivity index (χ3n) is 7.90. The van der Waals surface area contributed by atoms with Gasteiger partial charge in [0.2, 0.25) is 0 Å². The molecule has 4 aliphatic rings. The minimum atomic E-state index is -0.931. The summed E-state index contributed by atoms with van der Waals surface area (Å²) in [7, 11) is 0. The van der Waals surface area contributed by atoms with Crippen molar-refractivity contribution in [2.24, 2.45) is 11.3 Å². The van der Waals surface area contributed by atoms with Crippen LogP contribution in [0.15, 0.2) is 18.2 Å². The SMILES string of the molecule is CC(C)N1C(=O)NC2(C1=O)c1cc(OCC3CCC3)ccc1CC21CCCCC1. The number of amides is 3. The molecule has 2 spiro atoms. The van der Waals surface area contributed by atoms with Crippen LogP contribution in [-0.4, -0.2) is 29.5 Å². The number of urea groups is 1. The second-order valence-electron chi connectivity index (χ2n) is 9.89. The Balaban J connectivity index is 1.57. The first-order valence-corrected chi connectivity index (χ1v) is 11.4. The maximum absolute atomic E-state index is 13.9. The van der Waals surface area contributed by atoms with Crippen LogP contribution in [0.25, 0.3) is 0 Å². The molecule has 29 heavy (non-hydrogen) atoms. The van der Waals surface area contributed by atoms with Crippen LogP contribution in [0.3, 0.4) is 0 Å². The zero-order valence-electron chi connectivity index (χ0n) is 17.6. The van der Waals surface area contributed by atoms with Gasteiger partial charge in [-0.15, -0.1) is 0 Å². The first-order valence-electron chi connectivity index (χ1n) is 11.4. The van der Waals surface area contributed by atoms with Crippen molar-refractivity contribution in [1.29, 1.82) is 0 Å². The summed E-state index contributed by atoms with van der Waals surface area (Å²) < 4.78 is 6.11. The van der Waals surface area contributed by atoms with Crippen molar-refractivity contribution in [2.45, 2.75) is 83.2 Å². The van der Waals surface area contributed by atoms with E-state index >= 15 is 0 Å². The number of nitrogens with one attached hydrogen (secondary N) is 1. The molecule has 5 heteroatoms. The summed E-state index contributed by atoms with van der Waals surface area (Å²) in [4.78, 5) is 28.2. The zero-order valence-corrected chi connectivity index (χ0v) is 17.6. The highest BCUT2D eigenvalue weighted by Gasteiger charge is 2.67. The van der Waals surface area contributed by atoms with Crippen LogP contribution >= 0.6 is 0 Å². The van der Waals surface area contributed by atoms with Gasteiger partial charge in [0, 0.05) is 11.5 Å². The molecule has 5 nitrogen and oxygen atoms in total. The molecule has 1 aromatic carbocycles. The van der Waals surface area contributed by atoms with E-state index in [9.17, 15) is 9.59 Å². The molecular weight excluding hydrogens is 364 g/mol. The quantitative estimate of drug-likeness (QED) is 0.761. The lowest BCUT2D eigenvalue weighted by Crippen LogP contribution is -2.56. The average molecular weight is 397 g/mol. The Morgan fingerprint density at radius 2 is 1.90 bits per heavy atom. The fourth-order valence-electron chi connectivity index (χ4n) is 6.14. The van der Waals surface area contributed by atoms with Crippen LogP contribution in [0.1, 0.15) is 76.3 Å². The minimum Gasteiger partial charge on any atom is -0.493 e. The van der Waals surface area contributed by atoms with Gasteiger partial charge < -0.3 is 10.1 Å². The lowest BCUT2D eigenvalue weighted by Gasteiger charge is -2.45. The molecule has 3 aliphatic carbocycles. The highest BCUT2D eigenvalue weighted by atomic mass is 16.5. The Labute approximate surface area is 173 Å². The molecule has 0 radical (unpaired) electrons. The van der Waals surface area contributed by atoms with Gasteiger partial charge in [-0.2, -0.15) is 0 Å². The van der Waals surface area contributed by atoms with Crippen LogP contribution < -0.4 is 10.1 Å². The number of ether oxygens (including phenoxy) is 1. The smallest absolute Gasteiger partial charge is 0.325 e. The summed E-state index contributed by atoms with van der Waals surface area (Å²) in [5, 5.41) is 3.22. The van der Waals surface area contributed by atoms with Crippen molar-refractivity contribution in [3.05, 3.63) is 29.3 Å². The molecule has 5 rings (SSSR count). The number of benzene rings is 1. The Morgan fingerprint density at radius 1 is 1.14 bits per heavy atom. The van der Waals surface area contributed by atoms with Gasteiger partial charge in [-0.25, -0.2) is 4.79 Å². The predicted octanol–water partition coefficient (Wildman–Crippen LogP) is 4.53. The van der Waals surface area contributed by atoms with Gasteiger partial charge in [0.15, 0.2) is 5.54 Å². The van der Waals surface area contributed by atoms with Crippen LogP contribution in [0, 0.1) is 11.3 Å². The summed E-state index contributed by atoms with van der Waals surface area (Å²) in [6, 6.07) is 5.84. The lowest BCUT2D eigenvalue weighted by atomic mass is 9.62.